The number of hydrogen-bond acceptors (Lipinski definition) is 5. The van der Waals surface area contributed by atoms with Crippen LogP contribution in [0.1, 0.15) is 16.2 Å². The average molecular weight is 392 g/mol. The van der Waals surface area contributed by atoms with Gasteiger partial charge in [-0.25, -0.2) is 4.98 Å². The summed E-state index contributed by atoms with van der Waals surface area (Å²) in [5.74, 6) is -2.13. The van der Waals surface area contributed by atoms with Gasteiger partial charge in [-0.1, -0.05) is 23.9 Å². The molecular weight excluding hydrogens is 378 g/mol. The van der Waals surface area contributed by atoms with Gasteiger partial charge in [0.25, 0.3) is 5.76 Å². The number of aromatic nitrogens is 1. The number of carbonyl (C=O) groups excluding carboxylic acids is 1. The number of hydrogen-bond donors (Lipinski definition) is 1. The van der Waals surface area contributed by atoms with Gasteiger partial charge in [0, 0.05) is 28.5 Å². The van der Waals surface area contributed by atoms with Crippen molar-refractivity contribution in [3.8, 4) is 0 Å². The molecule has 0 unspecified atom stereocenters. The van der Waals surface area contributed by atoms with Crippen LogP contribution in [0.4, 0.5) is 13.9 Å². The molecule has 0 saturated heterocycles. The molecule has 3 aromatic rings. The predicted molar refractivity (Wildman–Crippen MR) is 99.6 cm³/mol. The summed E-state index contributed by atoms with van der Waals surface area (Å²) in [6.07, 6.45) is 6.79. The highest BCUT2D eigenvalue weighted by Crippen LogP contribution is 2.26. The summed E-state index contributed by atoms with van der Waals surface area (Å²) in [6, 6.07) is 10.5. The quantitative estimate of drug-likeness (QED) is 0.438. The molecule has 0 aliphatic rings. The lowest BCUT2D eigenvalue weighted by Gasteiger charge is -2.02. The maximum Gasteiger partial charge on any atom is 0.288 e. The number of nitrogens with zero attached hydrogens (tertiary/aromatic N) is 1. The van der Waals surface area contributed by atoms with Gasteiger partial charge >= 0.3 is 0 Å². The van der Waals surface area contributed by atoms with E-state index in [1.807, 2.05) is 12.1 Å². The van der Waals surface area contributed by atoms with Gasteiger partial charge in [0.2, 0.25) is 5.91 Å². The summed E-state index contributed by atoms with van der Waals surface area (Å²) in [4.78, 5) is 17.5. The first-order valence-corrected chi connectivity index (χ1v) is 9.29. The second-order valence-electron chi connectivity index (χ2n) is 5.17. The number of carbonyl (C=O) groups is 1. The standard InChI is InChI=1S/C18H14F2N2O2S2/c19-17(20)25-14-6-3-12(4-7-14)10-15-11-21-18(26-15)22-16(23)8-5-13-2-1-9-24-13/h1-9,11,17H,10H2,(H,21,22,23). The van der Waals surface area contributed by atoms with Gasteiger partial charge in [0.15, 0.2) is 5.13 Å². The minimum Gasteiger partial charge on any atom is -0.465 e. The summed E-state index contributed by atoms with van der Waals surface area (Å²) in [5, 5.41) is 3.19. The average Bonchev–Trinajstić information content (AvgIpc) is 3.26. The Hall–Kier alpha value is -2.45. The maximum atomic E-state index is 12.3. The number of anilines is 1. The molecule has 4 nitrogen and oxygen atoms in total. The second kappa shape index (κ2) is 8.77. The summed E-state index contributed by atoms with van der Waals surface area (Å²) >= 11 is 1.89. The molecule has 0 aliphatic carbocycles. The first-order valence-electron chi connectivity index (χ1n) is 7.59. The van der Waals surface area contributed by atoms with Crippen LogP contribution in [-0.2, 0) is 11.2 Å². The van der Waals surface area contributed by atoms with E-state index in [9.17, 15) is 13.6 Å². The molecule has 134 valence electrons. The zero-order chi connectivity index (χ0) is 18.4. The van der Waals surface area contributed by atoms with E-state index < -0.39 is 5.76 Å². The van der Waals surface area contributed by atoms with Gasteiger partial charge in [-0.15, -0.1) is 11.3 Å². The number of benzene rings is 1. The highest BCUT2D eigenvalue weighted by molar-refractivity contribution is 7.99. The zero-order valence-corrected chi connectivity index (χ0v) is 15.0. The molecular formula is C18H14F2N2O2S2. The lowest BCUT2D eigenvalue weighted by atomic mass is 10.1. The lowest BCUT2D eigenvalue weighted by molar-refractivity contribution is -0.111. The van der Waals surface area contributed by atoms with Crippen LogP contribution in [0.2, 0.25) is 0 Å². The minimum absolute atomic E-state index is 0.296. The van der Waals surface area contributed by atoms with Gasteiger partial charge in [-0.2, -0.15) is 8.78 Å². The van der Waals surface area contributed by atoms with Crippen molar-refractivity contribution in [1.82, 2.24) is 4.98 Å². The first kappa shape index (κ1) is 18.3. The van der Waals surface area contributed by atoms with Crippen LogP contribution in [0.15, 0.2) is 64.2 Å². The Morgan fingerprint density at radius 2 is 2.12 bits per heavy atom. The van der Waals surface area contributed by atoms with Crippen molar-refractivity contribution in [1.29, 1.82) is 0 Å². The molecule has 0 fully saturated rings. The highest BCUT2D eigenvalue weighted by atomic mass is 32.2. The summed E-state index contributed by atoms with van der Waals surface area (Å²) in [7, 11) is 0. The molecule has 0 bridgehead atoms. The largest absolute Gasteiger partial charge is 0.465 e. The van der Waals surface area contributed by atoms with Crippen molar-refractivity contribution in [2.75, 3.05) is 5.32 Å². The maximum absolute atomic E-state index is 12.3. The van der Waals surface area contributed by atoms with E-state index in [4.69, 9.17) is 4.42 Å². The molecule has 1 amide bonds. The number of alkyl halides is 2. The van der Waals surface area contributed by atoms with Crippen LogP contribution in [-0.4, -0.2) is 16.6 Å². The number of rotatable bonds is 7. The van der Waals surface area contributed by atoms with Crippen molar-refractivity contribution in [3.63, 3.8) is 0 Å². The zero-order valence-electron chi connectivity index (χ0n) is 13.4. The Balaban J connectivity index is 1.55. The van der Waals surface area contributed by atoms with Crippen LogP contribution in [0.25, 0.3) is 6.08 Å². The fraction of sp³-hybridized carbons (Fsp3) is 0.111. The molecule has 0 aliphatic heterocycles. The van der Waals surface area contributed by atoms with Gasteiger partial charge in [0.1, 0.15) is 5.76 Å². The molecule has 0 radical (unpaired) electrons. The number of halogens is 2. The Morgan fingerprint density at radius 3 is 2.81 bits per heavy atom. The number of thioether (sulfide) groups is 1. The SMILES string of the molecule is O=C(C=Cc1ccco1)Nc1ncc(Cc2ccc(SC(F)F)cc2)s1. The van der Waals surface area contributed by atoms with Gasteiger partial charge in [-0.05, 0) is 35.9 Å². The smallest absolute Gasteiger partial charge is 0.288 e. The lowest BCUT2D eigenvalue weighted by Crippen LogP contribution is -2.06. The Morgan fingerprint density at radius 1 is 1.31 bits per heavy atom. The van der Waals surface area contributed by atoms with E-state index in [0.29, 0.717) is 34.0 Å². The molecule has 1 aromatic carbocycles. The second-order valence-corrected chi connectivity index (χ2v) is 7.35. The number of amides is 1. The van der Waals surface area contributed by atoms with Crippen LogP contribution >= 0.6 is 23.1 Å². The Kier molecular flexibility index (Phi) is 6.19. The Bertz CT molecular complexity index is 875. The van der Waals surface area contributed by atoms with E-state index in [0.717, 1.165) is 10.4 Å². The van der Waals surface area contributed by atoms with Crippen molar-refractivity contribution in [3.05, 3.63) is 71.1 Å². The van der Waals surface area contributed by atoms with E-state index in [2.05, 4.69) is 10.3 Å². The van der Waals surface area contributed by atoms with E-state index >= 15 is 0 Å². The third-order valence-electron chi connectivity index (χ3n) is 3.25. The normalized spacial score (nSPS) is 11.3. The van der Waals surface area contributed by atoms with E-state index in [1.165, 1.54) is 23.7 Å². The summed E-state index contributed by atoms with van der Waals surface area (Å²) in [6.45, 7) is 0. The van der Waals surface area contributed by atoms with Crippen molar-refractivity contribution >= 4 is 40.2 Å². The van der Waals surface area contributed by atoms with Crippen molar-refractivity contribution in [2.45, 2.75) is 17.1 Å². The van der Waals surface area contributed by atoms with Gasteiger partial charge < -0.3 is 4.42 Å². The number of furan rings is 1. The van der Waals surface area contributed by atoms with Crippen LogP contribution in [0.3, 0.4) is 0 Å². The third kappa shape index (κ3) is 5.53. The topological polar surface area (TPSA) is 55.1 Å². The van der Waals surface area contributed by atoms with Gasteiger partial charge in [-0.3, -0.25) is 10.1 Å². The first-order chi connectivity index (χ1) is 12.6. The van der Waals surface area contributed by atoms with Crippen molar-refractivity contribution < 1.29 is 18.0 Å². The molecule has 2 aromatic heterocycles. The fourth-order valence-electron chi connectivity index (χ4n) is 2.13. The van der Waals surface area contributed by atoms with Crippen LogP contribution < -0.4 is 5.32 Å². The molecule has 26 heavy (non-hydrogen) atoms. The summed E-state index contributed by atoms with van der Waals surface area (Å²) in [5.41, 5.74) is 0.989. The predicted octanol–water partition coefficient (Wildman–Crippen LogP) is 5.29. The van der Waals surface area contributed by atoms with E-state index in [-0.39, 0.29) is 5.91 Å². The van der Waals surface area contributed by atoms with Crippen LogP contribution in [0, 0.1) is 0 Å². The molecule has 1 N–H and O–H groups in total. The molecule has 3 rings (SSSR count). The minimum atomic E-state index is -2.42. The number of nitrogens with one attached hydrogen (secondary N) is 1. The fourth-order valence-corrected chi connectivity index (χ4v) is 3.48. The molecule has 0 saturated carbocycles. The number of thiazole rings is 1. The summed E-state index contributed by atoms with van der Waals surface area (Å²) < 4.78 is 29.8. The monoisotopic (exact) mass is 392 g/mol. The Labute approximate surface area is 157 Å². The highest BCUT2D eigenvalue weighted by Gasteiger charge is 2.07. The van der Waals surface area contributed by atoms with Crippen molar-refractivity contribution in [2.24, 2.45) is 0 Å². The molecule has 2 heterocycles. The molecule has 0 spiro atoms. The third-order valence-corrected chi connectivity index (χ3v) is 4.89. The van der Waals surface area contributed by atoms with E-state index in [1.54, 1.807) is 36.5 Å². The molecule has 8 heteroatoms. The van der Waals surface area contributed by atoms with Crippen LogP contribution in [0.5, 0.6) is 0 Å². The van der Waals surface area contributed by atoms with Gasteiger partial charge in [0.05, 0.1) is 6.26 Å². The molecule has 0 atom stereocenters.